The van der Waals surface area contributed by atoms with Crippen LogP contribution in [0.15, 0.2) is 0 Å². The molecule has 7 nitrogen and oxygen atoms in total. The number of hydrogen-bond acceptors (Lipinski definition) is 5. The van der Waals surface area contributed by atoms with Crippen molar-refractivity contribution in [3.05, 3.63) is 0 Å². The van der Waals surface area contributed by atoms with Crippen LogP contribution in [-0.4, -0.2) is 24.0 Å². The van der Waals surface area contributed by atoms with Gasteiger partial charge in [-0.3, -0.25) is 0 Å². The van der Waals surface area contributed by atoms with Crippen molar-refractivity contribution in [2.24, 2.45) is 5.73 Å². The average Bonchev–Trinajstić information content (AvgIpc) is 1.96. The van der Waals surface area contributed by atoms with Gasteiger partial charge in [-0.2, -0.15) is 0 Å². The van der Waals surface area contributed by atoms with E-state index in [1.54, 1.807) is 0 Å². The smallest absolute Gasteiger partial charge is 0.550 e. The molecule has 1 atom stereocenters. The van der Waals surface area contributed by atoms with Crippen molar-refractivity contribution in [1.82, 2.24) is 5.32 Å². The molecular weight excluding hydrogens is 245 g/mol. The Labute approximate surface area is 92.4 Å². The molecule has 0 heterocycles. The summed E-state index contributed by atoms with van der Waals surface area (Å²) in [6.45, 7) is 0. The van der Waals surface area contributed by atoms with Crippen LogP contribution in [0, 0.1) is 0 Å². The van der Waals surface area contributed by atoms with Crippen LogP contribution < -0.4 is 21.3 Å². The van der Waals surface area contributed by atoms with E-state index in [0.29, 0.717) is 0 Å². The molecule has 0 rings (SSSR count). The number of carboxylic acids is 2. The molecule has 0 bridgehead atoms. The summed E-state index contributed by atoms with van der Waals surface area (Å²) in [5, 5.41) is 22.0. The largest absolute Gasteiger partial charge is 2.00 e. The molecule has 0 aliphatic rings. The summed E-state index contributed by atoms with van der Waals surface area (Å²) in [5.41, 5.74) is 4.63. The number of amides is 2. The van der Waals surface area contributed by atoms with Gasteiger partial charge >= 0.3 is 25.5 Å². The van der Waals surface area contributed by atoms with Gasteiger partial charge in [-0.15, -0.1) is 0 Å². The van der Waals surface area contributed by atoms with E-state index >= 15 is 0 Å². The second-order valence-electron chi connectivity index (χ2n) is 2.29. The number of urea groups is 1. The van der Waals surface area contributed by atoms with Gasteiger partial charge < -0.3 is 30.9 Å². The molecule has 0 fully saturated rings. The number of aliphatic carboxylic acids is 2. The topological polar surface area (TPSA) is 135 Å². The molecule has 0 unspecified atom stereocenters. The third-order valence-electron chi connectivity index (χ3n) is 1.24. The van der Waals surface area contributed by atoms with Crippen LogP contribution in [0.4, 0.5) is 4.79 Å². The summed E-state index contributed by atoms with van der Waals surface area (Å²) < 4.78 is 0. The molecule has 0 aromatic rings. The third kappa shape index (κ3) is 7.48. The van der Waals surface area contributed by atoms with E-state index in [9.17, 15) is 24.6 Å². The molecule has 0 aliphatic carbocycles. The van der Waals surface area contributed by atoms with E-state index in [1.165, 1.54) is 0 Å². The molecule has 0 aromatic heterocycles. The zero-order valence-corrected chi connectivity index (χ0v) is 10.3. The van der Waals surface area contributed by atoms with Crippen LogP contribution in [-0.2, 0) is 29.1 Å². The van der Waals surface area contributed by atoms with Gasteiger partial charge in [-0.05, 0) is 12.8 Å². The minimum atomic E-state index is -1.58. The quantitative estimate of drug-likeness (QED) is 0.486. The molecule has 74 valence electrons. The van der Waals surface area contributed by atoms with Crippen molar-refractivity contribution in [3.8, 4) is 0 Å². The minimum absolute atomic E-state index is 0. The van der Waals surface area contributed by atoms with Crippen molar-refractivity contribution in [2.45, 2.75) is 18.9 Å². The Hall–Kier alpha value is -1.17. The molecule has 0 radical (unpaired) electrons. The molecule has 0 saturated carbocycles. The maximum absolute atomic E-state index is 10.3. The number of rotatable bonds is 5. The van der Waals surface area contributed by atoms with Crippen LogP contribution in [0.5, 0.6) is 0 Å². The molecule has 3 N–H and O–H groups in total. The Morgan fingerprint density at radius 2 is 1.79 bits per heavy atom. The molecule has 0 aliphatic heterocycles. The molecule has 14 heavy (non-hydrogen) atoms. The summed E-state index contributed by atoms with van der Waals surface area (Å²) in [4.78, 5) is 30.4. The molecule has 0 saturated heterocycles. The van der Waals surface area contributed by atoms with E-state index in [1.807, 2.05) is 5.32 Å². The van der Waals surface area contributed by atoms with Crippen molar-refractivity contribution < 1.29 is 44.1 Å². The van der Waals surface area contributed by atoms with Crippen molar-refractivity contribution in [2.75, 3.05) is 0 Å². The molecule has 0 aromatic carbocycles. The van der Waals surface area contributed by atoms with E-state index in [4.69, 9.17) is 0 Å². The van der Waals surface area contributed by atoms with Gasteiger partial charge in [0.2, 0.25) is 0 Å². The zero-order chi connectivity index (χ0) is 10.4. The number of nitrogens with one attached hydrogen (secondary N) is 1. The van der Waals surface area contributed by atoms with Crippen LogP contribution in [0.1, 0.15) is 12.8 Å². The predicted octanol–water partition coefficient (Wildman–Crippen LogP) is -3.70. The standard InChI is InChI=1S/C6H10N2O5.Zn/c7-6(13)8-3(5(11)12)1-2-4(9)10;/h3H,1-2H2,(H,9,10)(H,11,12)(H3,7,8,13);/q;+2/p-2/t3-;/m0./s1. The first kappa shape index (κ1) is 15.3. The van der Waals surface area contributed by atoms with E-state index in [0.717, 1.165) is 0 Å². The number of carboxylic acid groups (broad SMARTS) is 2. The van der Waals surface area contributed by atoms with Gasteiger partial charge in [0.25, 0.3) is 0 Å². The van der Waals surface area contributed by atoms with Gasteiger partial charge in [0.1, 0.15) is 0 Å². The monoisotopic (exact) mass is 252 g/mol. The Kier molecular flexibility index (Phi) is 7.94. The second-order valence-corrected chi connectivity index (χ2v) is 2.29. The van der Waals surface area contributed by atoms with Crippen molar-refractivity contribution in [1.29, 1.82) is 0 Å². The molecule has 2 amide bonds. The van der Waals surface area contributed by atoms with Crippen LogP contribution in [0.25, 0.3) is 0 Å². The summed E-state index contributed by atoms with van der Waals surface area (Å²) in [7, 11) is 0. The summed E-state index contributed by atoms with van der Waals surface area (Å²) in [6.07, 6.45) is -0.799. The van der Waals surface area contributed by atoms with Gasteiger partial charge in [0, 0.05) is 5.97 Å². The first-order chi connectivity index (χ1) is 5.93. The predicted molar refractivity (Wildman–Crippen MR) is 35.8 cm³/mol. The van der Waals surface area contributed by atoms with Crippen LogP contribution in [0.2, 0.25) is 0 Å². The number of nitrogens with two attached hydrogens (primary N) is 1. The minimum Gasteiger partial charge on any atom is -0.550 e. The average molecular weight is 254 g/mol. The normalized spacial score (nSPS) is 10.9. The maximum Gasteiger partial charge on any atom is 2.00 e. The van der Waals surface area contributed by atoms with Gasteiger partial charge in [-0.25, -0.2) is 4.79 Å². The van der Waals surface area contributed by atoms with Crippen molar-refractivity contribution >= 4 is 18.0 Å². The Balaban J connectivity index is 0. The maximum atomic E-state index is 10.3. The number of carbonyl (C=O) groups is 3. The van der Waals surface area contributed by atoms with Gasteiger partial charge in [0.15, 0.2) is 0 Å². The fourth-order valence-corrected chi connectivity index (χ4v) is 0.683. The number of hydrogen-bond donors (Lipinski definition) is 2. The van der Waals surface area contributed by atoms with Crippen LogP contribution in [0.3, 0.4) is 0 Å². The molecule has 8 heteroatoms. The Bertz CT molecular complexity index is 232. The number of carbonyl (C=O) groups excluding carboxylic acids is 3. The number of primary amides is 1. The summed E-state index contributed by atoms with van der Waals surface area (Å²) >= 11 is 0. The van der Waals surface area contributed by atoms with Gasteiger partial charge in [-0.1, -0.05) is 0 Å². The van der Waals surface area contributed by atoms with Crippen LogP contribution >= 0.6 is 0 Å². The van der Waals surface area contributed by atoms with Gasteiger partial charge in [0.05, 0.1) is 12.0 Å². The molecule has 0 spiro atoms. The summed E-state index contributed by atoms with van der Waals surface area (Å²) in [6, 6.07) is -2.44. The fraction of sp³-hybridized carbons (Fsp3) is 0.500. The first-order valence-corrected chi connectivity index (χ1v) is 3.40. The summed E-state index contributed by atoms with van der Waals surface area (Å²) in [5.74, 6) is -2.99. The first-order valence-electron chi connectivity index (χ1n) is 3.40. The zero-order valence-electron chi connectivity index (χ0n) is 7.32. The molecular formula is C6H8N2O5Zn. The van der Waals surface area contributed by atoms with E-state index in [-0.39, 0.29) is 25.9 Å². The third-order valence-corrected chi connectivity index (χ3v) is 1.24. The Morgan fingerprint density at radius 1 is 1.29 bits per heavy atom. The van der Waals surface area contributed by atoms with E-state index in [2.05, 4.69) is 5.73 Å². The fourth-order valence-electron chi connectivity index (χ4n) is 0.683. The Morgan fingerprint density at radius 3 is 2.07 bits per heavy atom. The van der Waals surface area contributed by atoms with Crippen molar-refractivity contribution in [3.63, 3.8) is 0 Å². The van der Waals surface area contributed by atoms with E-state index < -0.39 is 30.4 Å². The second kappa shape index (κ2) is 7.26. The SMILES string of the molecule is NC(=O)N[C@@H](CCC(=O)[O-])C(=O)[O-].[Zn+2].